The third-order valence-electron chi connectivity index (χ3n) is 12.8. The SMILES string of the molecule is N#Cc1ccc(N2c3ccccc3C3(c4ccc(-c5ccccc5)cc4-c4cc(-c5ccccc5)ccc43)c3ccccc32)cc1-c1nc(-c2ccccc2)nc(-c2ccccc2)n1. The van der Waals surface area contributed by atoms with Crippen molar-refractivity contribution < 1.29 is 0 Å². The maximum atomic E-state index is 10.6. The van der Waals surface area contributed by atoms with Crippen LogP contribution in [0.15, 0.2) is 224 Å². The average molecular weight is 816 g/mol. The first kappa shape index (κ1) is 37.1. The molecule has 298 valence electrons. The first-order valence-corrected chi connectivity index (χ1v) is 21.5. The number of hydrogen-bond donors (Lipinski definition) is 0. The molecule has 0 bridgehead atoms. The van der Waals surface area contributed by atoms with Gasteiger partial charge < -0.3 is 4.90 Å². The van der Waals surface area contributed by atoms with E-state index >= 15 is 0 Å². The Labute approximate surface area is 371 Å². The van der Waals surface area contributed by atoms with Crippen LogP contribution in [0.2, 0.25) is 0 Å². The number of anilines is 3. The summed E-state index contributed by atoms with van der Waals surface area (Å²) in [4.78, 5) is 17.4. The standard InChI is InChI=1S/C59H37N5/c60-38-45-29-32-46(37-47(45)58-62-56(41-21-9-3-10-22-41)61-57(63-58)42-23-11-4-12-24-42)64-54-27-15-13-25-52(54)59(53-26-14-16-28-55(53)64)50-33-30-43(39-17-5-1-6-18-39)35-48(50)49-36-44(31-34-51(49)59)40-19-7-2-8-20-40/h1-37H. The largest absolute Gasteiger partial charge is 0.310 e. The van der Waals surface area contributed by atoms with Gasteiger partial charge in [0.2, 0.25) is 0 Å². The van der Waals surface area contributed by atoms with Crippen molar-refractivity contribution in [2.45, 2.75) is 5.41 Å². The fraction of sp³-hybridized carbons (Fsp3) is 0.0169. The van der Waals surface area contributed by atoms with E-state index in [2.05, 4.69) is 163 Å². The summed E-state index contributed by atoms with van der Waals surface area (Å²) in [5.41, 5.74) is 17.3. The van der Waals surface area contributed by atoms with Gasteiger partial charge in [-0.3, -0.25) is 0 Å². The highest BCUT2D eigenvalue weighted by atomic mass is 15.2. The lowest BCUT2D eigenvalue weighted by atomic mass is 9.64. The van der Waals surface area contributed by atoms with Crippen LogP contribution in [0, 0.1) is 11.3 Å². The molecule has 0 atom stereocenters. The highest BCUT2D eigenvalue weighted by molar-refractivity contribution is 5.98. The van der Waals surface area contributed by atoms with Gasteiger partial charge in [0.05, 0.1) is 28.4 Å². The van der Waals surface area contributed by atoms with Crippen molar-refractivity contribution in [2.24, 2.45) is 0 Å². The van der Waals surface area contributed by atoms with E-state index in [9.17, 15) is 5.26 Å². The molecule has 10 aromatic rings. The van der Waals surface area contributed by atoms with Crippen LogP contribution in [0.3, 0.4) is 0 Å². The molecule has 0 unspecified atom stereocenters. The molecule has 1 aromatic heterocycles. The zero-order chi connectivity index (χ0) is 42.6. The first-order valence-electron chi connectivity index (χ1n) is 21.5. The Balaban J connectivity index is 1.08. The number of rotatable bonds is 6. The van der Waals surface area contributed by atoms with Gasteiger partial charge in [-0.05, 0) is 98.1 Å². The summed E-state index contributed by atoms with van der Waals surface area (Å²) in [6, 6.07) is 81.3. The fourth-order valence-corrected chi connectivity index (χ4v) is 9.94. The first-order chi connectivity index (χ1) is 31.7. The van der Waals surface area contributed by atoms with Crippen molar-refractivity contribution >= 4 is 17.1 Å². The van der Waals surface area contributed by atoms with Crippen LogP contribution >= 0.6 is 0 Å². The third kappa shape index (κ3) is 5.81. The minimum absolute atomic E-state index is 0.434. The Hall–Kier alpha value is -8.72. The summed E-state index contributed by atoms with van der Waals surface area (Å²) in [5, 5.41) is 10.6. The highest BCUT2D eigenvalue weighted by Crippen LogP contribution is 2.64. The molecule has 64 heavy (non-hydrogen) atoms. The second kappa shape index (κ2) is 15.0. The molecule has 5 heteroatoms. The zero-order valence-corrected chi connectivity index (χ0v) is 34.6. The number of hydrogen-bond acceptors (Lipinski definition) is 5. The minimum Gasteiger partial charge on any atom is -0.310 e. The van der Waals surface area contributed by atoms with Crippen LogP contribution in [-0.4, -0.2) is 15.0 Å². The van der Waals surface area contributed by atoms with Crippen molar-refractivity contribution in [1.29, 1.82) is 5.26 Å². The molecular formula is C59H37N5. The van der Waals surface area contributed by atoms with Gasteiger partial charge in [0.1, 0.15) is 0 Å². The van der Waals surface area contributed by atoms with Gasteiger partial charge in [0, 0.05) is 22.4 Å². The smallest absolute Gasteiger partial charge is 0.165 e. The van der Waals surface area contributed by atoms with Crippen molar-refractivity contribution in [3.05, 3.63) is 252 Å². The average Bonchev–Trinajstić information content (AvgIpc) is 3.66. The van der Waals surface area contributed by atoms with Gasteiger partial charge in [-0.25, -0.2) is 15.0 Å². The molecule has 5 nitrogen and oxygen atoms in total. The normalized spacial score (nSPS) is 12.8. The van der Waals surface area contributed by atoms with Gasteiger partial charge in [-0.15, -0.1) is 0 Å². The number of benzene rings is 9. The van der Waals surface area contributed by atoms with Gasteiger partial charge in [-0.1, -0.05) is 182 Å². The summed E-state index contributed by atoms with van der Waals surface area (Å²) in [6.07, 6.45) is 0. The van der Waals surface area contributed by atoms with Crippen LogP contribution in [-0.2, 0) is 5.41 Å². The zero-order valence-electron chi connectivity index (χ0n) is 34.6. The summed E-state index contributed by atoms with van der Waals surface area (Å²) in [6.45, 7) is 0. The van der Waals surface area contributed by atoms with E-state index in [-0.39, 0.29) is 0 Å². The monoisotopic (exact) mass is 815 g/mol. The van der Waals surface area contributed by atoms with Crippen LogP contribution in [0.5, 0.6) is 0 Å². The predicted octanol–water partition coefficient (Wildman–Crippen LogP) is 14.2. The van der Waals surface area contributed by atoms with E-state index < -0.39 is 5.41 Å². The molecule has 0 N–H and O–H groups in total. The molecule has 0 fully saturated rings. The molecule has 1 aliphatic heterocycles. The molecule has 12 rings (SSSR count). The molecule has 0 amide bonds. The van der Waals surface area contributed by atoms with Crippen LogP contribution in [0.4, 0.5) is 17.1 Å². The fourth-order valence-electron chi connectivity index (χ4n) is 9.94. The lowest BCUT2D eigenvalue weighted by molar-refractivity contribution is 0.753. The summed E-state index contributed by atoms with van der Waals surface area (Å²) >= 11 is 0. The summed E-state index contributed by atoms with van der Waals surface area (Å²) in [7, 11) is 0. The molecule has 1 aliphatic carbocycles. The highest BCUT2D eigenvalue weighted by Gasteiger charge is 2.51. The molecule has 9 aromatic carbocycles. The molecule has 1 spiro atoms. The van der Waals surface area contributed by atoms with Crippen molar-refractivity contribution in [2.75, 3.05) is 4.90 Å². The van der Waals surface area contributed by atoms with Gasteiger partial charge in [-0.2, -0.15) is 5.26 Å². The molecule has 2 heterocycles. The van der Waals surface area contributed by atoms with Crippen LogP contribution < -0.4 is 4.90 Å². The van der Waals surface area contributed by atoms with E-state index in [0.29, 0.717) is 28.6 Å². The summed E-state index contributed by atoms with van der Waals surface area (Å²) in [5.74, 6) is 1.51. The van der Waals surface area contributed by atoms with Crippen molar-refractivity contribution in [3.8, 4) is 73.6 Å². The topological polar surface area (TPSA) is 65.7 Å². The number of nitrogens with zero attached hydrogens (tertiary/aromatic N) is 5. The van der Waals surface area contributed by atoms with E-state index in [1.165, 1.54) is 55.6 Å². The second-order valence-electron chi connectivity index (χ2n) is 16.3. The Morgan fingerprint density at radius 2 is 0.766 bits per heavy atom. The molecular weight excluding hydrogens is 779 g/mol. The minimum atomic E-state index is -0.627. The van der Waals surface area contributed by atoms with E-state index in [0.717, 1.165) is 28.2 Å². The Morgan fingerprint density at radius 1 is 0.344 bits per heavy atom. The number of aromatic nitrogens is 3. The third-order valence-corrected chi connectivity index (χ3v) is 12.8. The molecule has 0 saturated carbocycles. The summed E-state index contributed by atoms with van der Waals surface area (Å²) < 4.78 is 0. The van der Waals surface area contributed by atoms with E-state index in [1.807, 2.05) is 72.8 Å². The maximum absolute atomic E-state index is 10.6. The van der Waals surface area contributed by atoms with E-state index in [1.54, 1.807) is 0 Å². The Morgan fingerprint density at radius 3 is 1.23 bits per heavy atom. The lowest BCUT2D eigenvalue weighted by Gasteiger charge is -2.45. The van der Waals surface area contributed by atoms with Gasteiger partial charge in [0.25, 0.3) is 0 Å². The van der Waals surface area contributed by atoms with Gasteiger partial charge in [0.15, 0.2) is 17.5 Å². The molecule has 2 aliphatic rings. The number of nitriles is 1. The molecule has 0 saturated heterocycles. The van der Waals surface area contributed by atoms with E-state index in [4.69, 9.17) is 15.0 Å². The second-order valence-corrected chi connectivity index (χ2v) is 16.3. The van der Waals surface area contributed by atoms with Crippen molar-refractivity contribution in [3.63, 3.8) is 0 Å². The molecule has 0 radical (unpaired) electrons. The maximum Gasteiger partial charge on any atom is 0.165 e. The van der Waals surface area contributed by atoms with Crippen LogP contribution in [0.1, 0.15) is 27.8 Å². The Bertz CT molecular complexity index is 3250. The van der Waals surface area contributed by atoms with Gasteiger partial charge >= 0.3 is 0 Å². The Kier molecular flexibility index (Phi) is 8.70. The van der Waals surface area contributed by atoms with Crippen LogP contribution in [0.25, 0.3) is 67.5 Å². The number of para-hydroxylation sites is 2. The number of fused-ring (bicyclic) bond motifs is 9. The predicted molar refractivity (Wildman–Crippen MR) is 257 cm³/mol. The quantitative estimate of drug-likeness (QED) is 0.167. The van der Waals surface area contributed by atoms with Crippen molar-refractivity contribution in [1.82, 2.24) is 15.0 Å². The lowest BCUT2D eigenvalue weighted by Crippen LogP contribution is -2.36.